The molecule has 0 spiro atoms. The summed E-state index contributed by atoms with van der Waals surface area (Å²) in [5, 5.41) is 3.24. The molecule has 17 heavy (non-hydrogen) atoms. The fourth-order valence-corrected chi connectivity index (χ4v) is 2.70. The number of thiophene rings is 1. The summed E-state index contributed by atoms with van der Waals surface area (Å²) in [6.07, 6.45) is 0. The van der Waals surface area contributed by atoms with Crippen molar-refractivity contribution in [3.8, 4) is 11.5 Å². The zero-order chi connectivity index (χ0) is 11.7. The van der Waals surface area contributed by atoms with E-state index in [9.17, 15) is 0 Å². The van der Waals surface area contributed by atoms with Gasteiger partial charge in [-0.3, -0.25) is 0 Å². The summed E-state index contributed by atoms with van der Waals surface area (Å²) < 4.78 is 7.18. The van der Waals surface area contributed by atoms with Crippen LogP contribution in [0.25, 0.3) is 10.1 Å². The number of hydrogen-bond donors (Lipinski definition) is 0. The molecule has 0 saturated heterocycles. The molecule has 0 fully saturated rings. The highest BCUT2D eigenvalue weighted by molar-refractivity contribution is 7.17. The lowest BCUT2D eigenvalue weighted by Crippen LogP contribution is -1.82. The maximum atomic E-state index is 5.92. The van der Waals surface area contributed by atoms with Crippen LogP contribution >= 0.6 is 11.3 Å². The second-order valence-corrected chi connectivity index (χ2v) is 4.93. The van der Waals surface area contributed by atoms with Gasteiger partial charge in [0.15, 0.2) is 0 Å². The summed E-state index contributed by atoms with van der Waals surface area (Å²) in [5.74, 6) is 1.84. The van der Waals surface area contributed by atoms with Crippen molar-refractivity contribution < 1.29 is 4.74 Å². The Morgan fingerprint density at radius 2 is 1.88 bits per heavy atom. The van der Waals surface area contributed by atoms with Crippen molar-refractivity contribution in [1.29, 1.82) is 0 Å². The predicted molar refractivity (Wildman–Crippen MR) is 73.1 cm³/mol. The van der Waals surface area contributed by atoms with Gasteiger partial charge in [0.1, 0.15) is 11.5 Å². The van der Waals surface area contributed by atoms with Gasteiger partial charge in [-0.2, -0.15) is 0 Å². The monoisotopic (exact) mass is 240 g/mol. The van der Waals surface area contributed by atoms with Crippen LogP contribution in [-0.4, -0.2) is 0 Å². The molecule has 0 saturated carbocycles. The Morgan fingerprint density at radius 3 is 2.76 bits per heavy atom. The number of rotatable bonds is 2. The zero-order valence-electron chi connectivity index (χ0n) is 9.51. The van der Waals surface area contributed by atoms with Gasteiger partial charge in [-0.15, -0.1) is 11.3 Å². The Bertz CT molecular complexity index is 655. The van der Waals surface area contributed by atoms with Crippen molar-refractivity contribution >= 4 is 21.4 Å². The Hall–Kier alpha value is -1.80. The summed E-state index contributed by atoms with van der Waals surface area (Å²) >= 11 is 1.71. The van der Waals surface area contributed by atoms with Gasteiger partial charge < -0.3 is 4.74 Å². The Balaban J connectivity index is 2.00. The van der Waals surface area contributed by atoms with Crippen molar-refractivity contribution in [2.45, 2.75) is 6.92 Å². The number of benzene rings is 2. The highest BCUT2D eigenvalue weighted by Gasteiger charge is 2.05. The van der Waals surface area contributed by atoms with Gasteiger partial charge in [-0.25, -0.2) is 0 Å². The van der Waals surface area contributed by atoms with Gasteiger partial charge in [0.2, 0.25) is 0 Å². The quantitative estimate of drug-likeness (QED) is 0.612. The highest BCUT2D eigenvalue weighted by Crippen LogP contribution is 2.34. The maximum Gasteiger partial charge on any atom is 0.145 e. The maximum absolute atomic E-state index is 5.92. The molecule has 0 radical (unpaired) electrons. The molecule has 2 heteroatoms. The minimum atomic E-state index is 0.897. The van der Waals surface area contributed by atoms with Crippen LogP contribution in [0.3, 0.4) is 0 Å². The van der Waals surface area contributed by atoms with E-state index in [1.807, 2.05) is 24.3 Å². The molecule has 0 unspecified atom stereocenters. The van der Waals surface area contributed by atoms with Gasteiger partial charge in [0.05, 0.1) is 0 Å². The van der Waals surface area contributed by atoms with Gasteiger partial charge in [-0.1, -0.05) is 24.3 Å². The Kier molecular flexibility index (Phi) is 2.57. The molecule has 0 amide bonds. The molecule has 0 bridgehead atoms. The lowest BCUT2D eigenvalue weighted by Gasteiger charge is -2.04. The van der Waals surface area contributed by atoms with Crippen molar-refractivity contribution in [2.75, 3.05) is 0 Å². The van der Waals surface area contributed by atoms with E-state index >= 15 is 0 Å². The fraction of sp³-hybridized carbons (Fsp3) is 0.0667. The average molecular weight is 240 g/mol. The molecular formula is C15H12OS. The predicted octanol–water partition coefficient (Wildman–Crippen LogP) is 5.00. The number of ether oxygens (including phenoxy) is 1. The number of aryl methyl sites for hydroxylation is 1. The van der Waals surface area contributed by atoms with Crippen LogP contribution in [0.1, 0.15) is 5.56 Å². The lowest BCUT2D eigenvalue weighted by molar-refractivity contribution is 0.490. The number of fused-ring (bicyclic) bond motifs is 1. The Morgan fingerprint density at radius 1 is 1.00 bits per heavy atom. The highest BCUT2D eigenvalue weighted by atomic mass is 32.1. The van der Waals surface area contributed by atoms with Crippen LogP contribution in [0.15, 0.2) is 53.9 Å². The van der Waals surface area contributed by atoms with Crippen LogP contribution < -0.4 is 4.74 Å². The zero-order valence-corrected chi connectivity index (χ0v) is 10.3. The lowest BCUT2D eigenvalue weighted by atomic mass is 10.2. The molecular weight excluding hydrogens is 228 g/mol. The summed E-state index contributed by atoms with van der Waals surface area (Å²) in [5.41, 5.74) is 1.21. The van der Waals surface area contributed by atoms with E-state index < -0.39 is 0 Å². The van der Waals surface area contributed by atoms with Crippen molar-refractivity contribution in [3.05, 3.63) is 59.5 Å². The van der Waals surface area contributed by atoms with Crippen LogP contribution in [0.2, 0.25) is 0 Å². The normalized spacial score (nSPS) is 10.6. The van der Waals surface area contributed by atoms with E-state index in [1.165, 1.54) is 15.6 Å². The van der Waals surface area contributed by atoms with E-state index in [4.69, 9.17) is 4.74 Å². The molecule has 0 atom stereocenters. The summed E-state index contributed by atoms with van der Waals surface area (Å²) in [4.78, 5) is 0. The average Bonchev–Trinajstić information content (AvgIpc) is 2.73. The fourth-order valence-electron chi connectivity index (χ4n) is 1.84. The van der Waals surface area contributed by atoms with Crippen molar-refractivity contribution in [2.24, 2.45) is 0 Å². The van der Waals surface area contributed by atoms with Crippen LogP contribution in [0, 0.1) is 6.92 Å². The van der Waals surface area contributed by atoms with E-state index in [0.29, 0.717) is 0 Å². The molecule has 0 aliphatic heterocycles. The third-order valence-electron chi connectivity index (χ3n) is 2.66. The molecule has 0 N–H and O–H groups in total. The third-order valence-corrected chi connectivity index (χ3v) is 3.60. The van der Waals surface area contributed by atoms with Crippen molar-refractivity contribution in [3.63, 3.8) is 0 Å². The van der Waals surface area contributed by atoms with Crippen molar-refractivity contribution in [1.82, 2.24) is 0 Å². The minimum absolute atomic E-state index is 0.897. The molecule has 84 valence electrons. The third kappa shape index (κ3) is 2.04. The van der Waals surface area contributed by atoms with E-state index in [1.54, 1.807) is 11.3 Å². The van der Waals surface area contributed by atoms with Gasteiger partial charge in [0.25, 0.3) is 0 Å². The molecule has 1 aromatic heterocycles. The van der Waals surface area contributed by atoms with Gasteiger partial charge in [-0.05, 0) is 36.8 Å². The topological polar surface area (TPSA) is 9.23 Å². The van der Waals surface area contributed by atoms with Crippen LogP contribution in [-0.2, 0) is 0 Å². The van der Waals surface area contributed by atoms with Gasteiger partial charge >= 0.3 is 0 Å². The van der Waals surface area contributed by atoms with Crippen LogP contribution in [0.5, 0.6) is 11.5 Å². The van der Waals surface area contributed by atoms with E-state index in [2.05, 4.69) is 36.6 Å². The SMILES string of the molecule is Cc1cccc(Oc2csc3ccccc23)c1. The molecule has 3 aromatic rings. The summed E-state index contributed by atoms with van der Waals surface area (Å²) in [6, 6.07) is 16.4. The van der Waals surface area contributed by atoms with E-state index in [0.717, 1.165) is 11.5 Å². The standard InChI is InChI=1S/C15H12OS/c1-11-5-4-6-12(9-11)16-14-10-17-15-8-3-2-7-13(14)15/h2-10H,1H3. The molecule has 1 heterocycles. The summed E-state index contributed by atoms with van der Waals surface area (Å²) in [7, 11) is 0. The second kappa shape index (κ2) is 4.22. The first kappa shape index (κ1) is 10.4. The first-order valence-corrected chi connectivity index (χ1v) is 6.42. The van der Waals surface area contributed by atoms with Gasteiger partial charge in [0, 0.05) is 15.5 Å². The minimum Gasteiger partial charge on any atom is -0.456 e. The second-order valence-electron chi connectivity index (χ2n) is 4.01. The molecule has 1 nitrogen and oxygen atoms in total. The number of hydrogen-bond acceptors (Lipinski definition) is 2. The molecule has 3 rings (SSSR count). The first-order valence-electron chi connectivity index (χ1n) is 5.54. The smallest absolute Gasteiger partial charge is 0.145 e. The Labute approximate surface area is 104 Å². The summed E-state index contributed by atoms with van der Waals surface area (Å²) in [6.45, 7) is 2.07. The molecule has 2 aromatic carbocycles. The molecule has 0 aliphatic rings. The van der Waals surface area contributed by atoms with Crippen LogP contribution in [0.4, 0.5) is 0 Å². The molecule has 0 aliphatic carbocycles. The first-order chi connectivity index (χ1) is 8.33. The largest absolute Gasteiger partial charge is 0.456 e. The van der Waals surface area contributed by atoms with E-state index in [-0.39, 0.29) is 0 Å².